The van der Waals surface area contributed by atoms with Crippen LogP contribution in [0.1, 0.15) is 32.1 Å². The number of thioether (sulfide) groups is 1. The molecule has 0 radical (unpaired) electrons. The highest BCUT2D eigenvalue weighted by Gasteiger charge is 2.30. The highest BCUT2D eigenvalue weighted by molar-refractivity contribution is 7.99. The summed E-state index contributed by atoms with van der Waals surface area (Å²) in [6, 6.07) is 0. The Kier molecular flexibility index (Phi) is 3.73. The molecule has 0 aromatic carbocycles. The molecule has 0 bridgehead atoms. The van der Waals surface area contributed by atoms with E-state index in [2.05, 4.69) is 11.8 Å². The van der Waals surface area contributed by atoms with Crippen LogP contribution in [-0.2, 0) is 10.8 Å². The van der Waals surface area contributed by atoms with Gasteiger partial charge in [0, 0.05) is 21.8 Å². The van der Waals surface area contributed by atoms with Gasteiger partial charge in [-0.05, 0) is 43.1 Å². The van der Waals surface area contributed by atoms with Gasteiger partial charge in [-0.15, -0.1) is 0 Å². The molecule has 1 nitrogen and oxygen atoms in total. The number of rotatable bonds is 1. The Bertz CT molecular complexity index is 187. The third kappa shape index (κ3) is 2.50. The van der Waals surface area contributed by atoms with Gasteiger partial charge < -0.3 is 0 Å². The van der Waals surface area contributed by atoms with E-state index in [1.807, 2.05) is 0 Å². The zero-order valence-electron chi connectivity index (χ0n) is 8.04. The second kappa shape index (κ2) is 4.83. The molecule has 0 spiro atoms. The summed E-state index contributed by atoms with van der Waals surface area (Å²) in [6.45, 7) is 0. The molecule has 76 valence electrons. The second-order valence-corrected chi connectivity index (χ2v) is 7.07. The van der Waals surface area contributed by atoms with Crippen LogP contribution in [0.5, 0.6) is 0 Å². The average molecular weight is 218 g/mol. The van der Waals surface area contributed by atoms with Crippen molar-refractivity contribution in [2.75, 3.05) is 17.3 Å². The fraction of sp³-hybridized carbons (Fsp3) is 1.00. The fourth-order valence-corrected chi connectivity index (χ4v) is 5.48. The van der Waals surface area contributed by atoms with E-state index in [1.165, 1.54) is 43.6 Å². The molecule has 13 heavy (non-hydrogen) atoms. The summed E-state index contributed by atoms with van der Waals surface area (Å²) >= 11 is 2.06. The molecule has 0 N–H and O–H groups in total. The lowest BCUT2D eigenvalue weighted by Gasteiger charge is -2.31. The monoisotopic (exact) mass is 218 g/mol. The summed E-state index contributed by atoms with van der Waals surface area (Å²) in [7, 11) is -0.485. The fourth-order valence-electron chi connectivity index (χ4n) is 2.41. The molecule has 0 aliphatic carbocycles. The first kappa shape index (κ1) is 10.0. The quantitative estimate of drug-likeness (QED) is 0.672. The van der Waals surface area contributed by atoms with E-state index in [1.54, 1.807) is 0 Å². The maximum absolute atomic E-state index is 11.8. The topological polar surface area (TPSA) is 17.1 Å². The van der Waals surface area contributed by atoms with E-state index in [0.29, 0.717) is 5.25 Å². The van der Waals surface area contributed by atoms with Crippen LogP contribution in [0.3, 0.4) is 0 Å². The minimum Gasteiger partial charge on any atom is -0.259 e. The van der Waals surface area contributed by atoms with Crippen LogP contribution in [0, 0.1) is 5.92 Å². The van der Waals surface area contributed by atoms with Crippen molar-refractivity contribution in [3.05, 3.63) is 0 Å². The first-order chi connectivity index (χ1) is 6.38. The zero-order chi connectivity index (χ0) is 9.10. The predicted molar refractivity (Wildman–Crippen MR) is 60.7 cm³/mol. The molecule has 3 heteroatoms. The Morgan fingerprint density at radius 2 is 1.85 bits per heavy atom. The average Bonchev–Trinajstić information content (AvgIpc) is 2.20. The normalized spacial score (nSPS) is 37.5. The molecular formula is C10H18OS2. The lowest BCUT2D eigenvalue weighted by atomic mass is 9.95. The highest BCUT2D eigenvalue weighted by Crippen LogP contribution is 2.32. The maximum atomic E-state index is 11.8. The number of hydrogen-bond acceptors (Lipinski definition) is 2. The Hall–Kier alpha value is 0.500. The van der Waals surface area contributed by atoms with Gasteiger partial charge in [-0.2, -0.15) is 11.8 Å². The Balaban J connectivity index is 1.92. The molecule has 2 atom stereocenters. The first-order valence-electron chi connectivity index (χ1n) is 5.33. The maximum Gasteiger partial charge on any atom is 0.0376 e. The Morgan fingerprint density at radius 3 is 2.54 bits per heavy atom. The highest BCUT2D eigenvalue weighted by atomic mass is 32.2. The summed E-state index contributed by atoms with van der Waals surface area (Å²) in [4.78, 5) is 0. The van der Waals surface area contributed by atoms with Gasteiger partial charge in [0.05, 0.1) is 0 Å². The SMILES string of the molecule is O=S1CCCCC1C1CCSCC1. The molecule has 2 fully saturated rings. The van der Waals surface area contributed by atoms with Crippen LogP contribution < -0.4 is 0 Å². The smallest absolute Gasteiger partial charge is 0.0376 e. The van der Waals surface area contributed by atoms with E-state index in [-0.39, 0.29) is 0 Å². The van der Waals surface area contributed by atoms with Crippen LogP contribution >= 0.6 is 11.8 Å². The lowest BCUT2D eigenvalue weighted by Crippen LogP contribution is -2.32. The van der Waals surface area contributed by atoms with Gasteiger partial charge in [0.1, 0.15) is 0 Å². The Morgan fingerprint density at radius 1 is 1.08 bits per heavy atom. The molecule has 0 saturated carbocycles. The lowest BCUT2D eigenvalue weighted by molar-refractivity contribution is 0.426. The third-order valence-electron chi connectivity index (χ3n) is 3.21. The molecule has 2 unspecified atom stereocenters. The van der Waals surface area contributed by atoms with Gasteiger partial charge in [0.15, 0.2) is 0 Å². The van der Waals surface area contributed by atoms with Crippen molar-refractivity contribution in [2.45, 2.75) is 37.4 Å². The van der Waals surface area contributed by atoms with Crippen LogP contribution in [0.4, 0.5) is 0 Å². The van der Waals surface area contributed by atoms with E-state index in [4.69, 9.17) is 0 Å². The summed E-state index contributed by atoms with van der Waals surface area (Å²) in [6.07, 6.45) is 6.40. The van der Waals surface area contributed by atoms with Gasteiger partial charge in [0.2, 0.25) is 0 Å². The van der Waals surface area contributed by atoms with Gasteiger partial charge in [0.25, 0.3) is 0 Å². The minimum atomic E-state index is -0.485. The Labute approximate surface area is 87.5 Å². The predicted octanol–water partition coefficient (Wildman–Crippen LogP) is 2.43. The van der Waals surface area contributed by atoms with Crippen LogP contribution in [0.2, 0.25) is 0 Å². The van der Waals surface area contributed by atoms with E-state index < -0.39 is 10.8 Å². The van der Waals surface area contributed by atoms with E-state index in [0.717, 1.165) is 11.7 Å². The summed E-state index contributed by atoms with van der Waals surface area (Å²) in [5, 5.41) is 0.564. The van der Waals surface area contributed by atoms with Crippen molar-refractivity contribution >= 4 is 22.6 Å². The minimum absolute atomic E-state index is 0.485. The zero-order valence-corrected chi connectivity index (χ0v) is 9.67. The molecule has 0 aromatic rings. The molecule has 2 heterocycles. The van der Waals surface area contributed by atoms with E-state index in [9.17, 15) is 4.21 Å². The first-order valence-corrected chi connectivity index (χ1v) is 7.86. The van der Waals surface area contributed by atoms with Crippen molar-refractivity contribution in [1.29, 1.82) is 0 Å². The molecule has 2 rings (SSSR count). The molecule has 2 aliphatic heterocycles. The van der Waals surface area contributed by atoms with Crippen LogP contribution in [0.15, 0.2) is 0 Å². The van der Waals surface area contributed by atoms with E-state index >= 15 is 0 Å². The third-order valence-corrected chi connectivity index (χ3v) is 6.25. The van der Waals surface area contributed by atoms with Gasteiger partial charge in [-0.25, -0.2) is 0 Å². The van der Waals surface area contributed by atoms with Crippen molar-refractivity contribution < 1.29 is 4.21 Å². The van der Waals surface area contributed by atoms with Crippen molar-refractivity contribution in [3.8, 4) is 0 Å². The van der Waals surface area contributed by atoms with Gasteiger partial charge in [-0.3, -0.25) is 4.21 Å². The molecular weight excluding hydrogens is 200 g/mol. The largest absolute Gasteiger partial charge is 0.259 e. The molecule has 2 aliphatic rings. The van der Waals surface area contributed by atoms with Crippen molar-refractivity contribution in [2.24, 2.45) is 5.92 Å². The van der Waals surface area contributed by atoms with Crippen LogP contribution in [0.25, 0.3) is 0 Å². The summed E-state index contributed by atoms with van der Waals surface area (Å²) in [5.74, 6) is 4.38. The van der Waals surface area contributed by atoms with Crippen molar-refractivity contribution in [1.82, 2.24) is 0 Å². The van der Waals surface area contributed by atoms with Gasteiger partial charge in [-0.1, -0.05) is 6.42 Å². The number of hydrogen-bond donors (Lipinski definition) is 0. The standard InChI is InChI=1S/C10H18OS2/c11-13-8-2-1-3-10(13)9-4-6-12-7-5-9/h9-10H,1-8H2. The summed E-state index contributed by atoms with van der Waals surface area (Å²) < 4.78 is 11.8. The second-order valence-electron chi connectivity index (χ2n) is 4.07. The molecule has 0 amide bonds. The molecule has 2 saturated heterocycles. The molecule has 0 aromatic heterocycles. The van der Waals surface area contributed by atoms with Crippen molar-refractivity contribution in [3.63, 3.8) is 0 Å². The van der Waals surface area contributed by atoms with Gasteiger partial charge >= 0.3 is 0 Å². The summed E-state index contributed by atoms with van der Waals surface area (Å²) in [5.41, 5.74) is 0. The van der Waals surface area contributed by atoms with Crippen LogP contribution in [-0.4, -0.2) is 26.7 Å².